The minimum atomic E-state index is -1.23. The van der Waals surface area contributed by atoms with Gasteiger partial charge >= 0.3 is 0 Å². The van der Waals surface area contributed by atoms with Crippen molar-refractivity contribution in [2.45, 2.75) is 26.4 Å². The smallest absolute Gasteiger partial charge is 0.124 e. The van der Waals surface area contributed by atoms with Gasteiger partial charge in [0.2, 0.25) is 0 Å². The Labute approximate surface area is 235 Å². The highest BCUT2D eigenvalue weighted by Crippen LogP contribution is 2.54. The van der Waals surface area contributed by atoms with Gasteiger partial charge in [0.15, 0.2) is 0 Å². The Balaban J connectivity index is 1.52. The molecule has 2 heterocycles. The van der Waals surface area contributed by atoms with Crippen LogP contribution in [0.1, 0.15) is 39.2 Å². The van der Waals surface area contributed by atoms with E-state index in [1.165, 1.54) is 0 Å². The van der Waals surface area contributed by atoms with Crippen molar-refractivity contribution in [3.05, 3.63) is 129 Å². The van der Waals surface area contributed by atoms with Crippen LogP contribution >= 0.6 is 22.7 Å². The lowest BCUT2D eigenvalue weighted by Crippen LogP contribution is -2.21. The number of aliphatic hydroxyl groups is 1. The Morgan fingerprint density at radius 3 is 1.72 bits per heavy atom. The van der Waals surface area contributed by atoms with Crippen molar-refractivity contribution in [3.63, 3.8) is 0 Å². The van der Waals surface area contributed by atoms with Crippen LogP contribution in [0.2, 0.25) is 0 Å². The Hall–Kier alpha value is -3.90. The van der Waals surface area contributed by atoms with E-state index >= 15 is 0 Å². The van der Waals surface area contributed by atoms with Gasteiger partial charge in [0, 0.05) is 32.0 Å². The molecule has 3 nitrogen and oxygen atoms in total. The van der Waals surface area contributed by atoms with Crippen LogP contribution in [0.3, 0.4) is 0 Å². The van der Waals surface area contributed by atoms with Crippen LogP contribution in [0.5, 0.6) is 0 Å². The number of thiazole rings is 2. The molecule has 0 saturated heterocycles. The molecule has 0 saturated carbocycles. The molecule has 7 rings (SSSR count). The van der Waals surface area contributed by atoms with Gasteiger partial charge in [-0.25, -0.2) is 9.97 Å². The third-order valence-corrected chi connectivity index (χ3v) is 9.56. The van der Waals surface area contributed by atoms with Crippen LogP contribution in [0, 0.1) is 13.8 Å². The average Bonchev–Trinajstić information content (AvgIpc) is 3.59. The lowest BCUT2D eigenvalue weighted by Gasteiger charge is -2.23. The van der Waals surface area contributed by atoms with E-state index in [4.69, 9.17) is 9.97 Å². The number of hydrogen-bond acceptors (Lipinski definition) is 5. The highest BCUT2D eigenvalue weighted by Gasteiger charge is 2.44. The normalized spacial score (nSPS) is 16.7. The second-order valence-electron chi connectivity index (χ2n) is 10.1. The zero-order chi connectivity index (χ0) is 26.7. The van der Waals surface area contributed by atoms with Gasteiger partial charge in [-0.2, -0.15) is 0 Å². The van der Waals surface area contributed by atoms with Gasteiger partial charge in [-0.15, -0.1) is 22.7 Å². The number of aromatic nitrogens is 2. The van der Waals surface area contributed by atoms with Gasteiger partial charge in [-0.05, 0) is 54.8 Å². The van der Waals surface area contributed by atoms with Gasteiger partial charge in [-0.3, -0.25) is 0 Å². The maximum absolute atomic E-state index is 12.4. The van der Waals surface area contributed by atoms with Crippen molar-refractivity contribution in [1.29, 1.82) is 0 Å². The summed E-state index contributed by atoms with van der Waals surface area (Å²) in [5.41, 5.74) is 6.43. The molecule has 0 aliphatic heterocycles. The SMILES string of the molecule is Cc1sc(-c2ccccc2)nc1C1=C(c2nc(-c3ccccc3)sc2C)C(C)(O)c2cc3ccccc3cc21. The predicted octanol–water partition coefficient (Wildman–Crippen LogP) is 8.88. The third-order valence-electron chi connectivity index (χ3n) is 7.52. The lowest BCUT2D eigenvalue weighted by molar-refractivity contribution is 0.125. The molecule has 6 aromatic rings. The fourth-order valence-corrected chi connectivity index (χ4v) is 7.47. The van der Waals surface area contributed by atoms with Crippen LogP contribution < -0.4 is 0 Å². The molecule has 1 N–H and O–H groups in total. The summed E-state index contributed by atoms with van der Waals surface area (Å²) in [7, 11) is 0. The lowest BCUT2D eigenvalue weighted by atomic mass is 9.89. The molecule has 0 radical (unpaired) electrons. The molecule has 5 heteroatoms. The van der Waals surface area contributed by atoms with E-state index in [9.17, 15) is 5.11 Å². The summed E-state index contributed by atoms with van der Waals surface area (Å²) in [6, 6.07) is 33.2. The van der Waals surface area contributed by atoms with Gasteiger partial charge in [0.1, 0.15) is 15.6 Å². The Morgan fingerprint density at radius 2 is 1.13 bits per heavy atom. The summed E-state index contributed by atoms with van der Waals surface area (Å²) in [5, 5.41) is 16.5. The van der Waals surface area contributed by atoms with Crippen molar-refractivity contribution in [3.8, 4) is 21.1 Å². The summed E-state index contributed by atoms with van der Waals surface area (Å²) in [6.07, 6.45) is 0. The largest absolute Gasteiger partial charge is 0.381 e. The molecular weight excluding hydrogens is 517 g/mol. The fourth-order valence-electron chi connectivity index (χ4n) is 5.62. The molecule has 1 aliphatic carbocycles. The first kappa shape index (κ1) is 24.2. The summed E-state index contributed by atoms with van der Waals surface area (Å²) >= 11 is 3.36. The van der Waals surface area contributed by atoms with E-state index < -0.39 is 5.60 Å². The number of benzene rings is 4. The van der Waals surface area contributed by atoms with E-state index in [-0.39, 0.29) is 0 Å². The number of nitrogens with zero attached hydrogens (tertiary/aromatic N) is 2. The zero-order valence-electron chi connectivity index (χ0n) is 21.9. The van der Waals surface area contributed by atoms with E-state index in [1.54, 1.807) is 22.7 Å². The Kier molecular flexibility index (Phi) is 5.63. The van der Waals surface area contributed by atoms with Crippen LogP contribution in [-0.4, -0.2) is 15.1 Å². The van der Waals surface area contributed by atoms with Gasteiger partial charge < -0.3 is 5.11 Å². The van der Waals surface area contributed by atoms with Crippen molar-refractivity contribution in [2.75, 3.05) is 0 Å². The van der Waals surface area contributed by atoms with E-state index in [0.717, 1.165) is 75.3 Å². The van der Waals surface area contributed by atoms with Crippen molar-refractivity contribution in [1.82, 2.24) is 9.97 Å². The van der Waals surface area contributed by atoms with E-state index in [0.29, 0.717) is 0 Å². The van der Waals surface area contributed by atoms with Crippen LogP contribution in [0.25, 0.3) is 43.1 Å². The summed E-state index contributed by atoms with van der Waals surface area (Å²) in [5.74, 6) is 0. The Morgan fingerprint density at radius 1 is 0.641 bits per heavy atom. The molecule has 39 heavy (non-hydrogen) atoms. The van der Waals surface area contributed by atoms with Crippen molar-refractivity contribution in [2.24, 2.45) is 0 Å². The highest BCUT2D eigenvalue weighted by atomic mass is 32.1. The van der Waals surface area contributed by atoms with Gasteiger partial charge in [-0.1, -0.05) is 84.9 Å². The Bertz CT molecular complexity index is 1900. The van der Waals surface area contributed by atoms with Crippen LogP contribution in [0.4, 0.5) is 0 Å². The van der Waals surface area contributed by atoms with Gasteiger partial charge in [0.05, 0.1) is 11.4 Å². The van der Waals surface area contributed by atoms with E-state index in [2.05, 4.69) is 68.4 Å². The van der Waals surface area contributed by atoms with Gasteiger partial charge in [0.25, 0.3) is 0 Å². The maximum Gasteiger partial charge on any atom is 0.124 e. The van der Waals surface area contributed by atoms with Crippen LogP contribution in [-0.2, 0) is 5.60 Å². The second kappa shape index (κ2) is 9.09. The monoisotopic (exact) mass is 542 g/mol. The van der Waals surface area contributed by atoms with Crippen molar-refractivity contribution >= 4 is 44.6 Å². The number of aryl methyl sites for hydroxylation is 2. The average molecular weight is 543 g/mol. The second-order valence-corrected chi connectivity index (χ2v) is 12.6. The topological polar surface area (TPSA) is 46.0 Å². The maximum atomic E-state index is 12.4. The minimum absolute atomic E-state index is 0.830. The summed E-state index contributed by atoms with van der Waals surface area (Å²) < 4.78 is 0. The van der Waals surface area contributed by atoms with Crippen molar-refractivity contribution < 1.29 is 5.11 Å². The summed E-state index contributed by atoms with van der Waals surface area (Å²) in [6.45, 7) is 6.13. The molecule has 1 unspecified atom stereocenters. The highest BCUT2D eigenvalue weighted by molar-refractivity contribution is 7.15. The first-order valence-electron chi connectivity index (χ1n) is 13.0. The molecule has 1 aliphatic rings. The standard InChI is InChI=1S/C34H26N2OS2/c1-20-30(35-32(38-20)22-12-6-4-7-13-22)28-26-18-24-16-10-11-17-25(24)19-27(26)34(3,37)29(28)31-21(2)39-33(36-31)23-14-8-5-9-15-23/h4-19,37H,1-3H3. The molecule has 1 atom stereocenters. The first-order valence-corrected chi connectivity index (χ1v) is 14.6. The molecule has 0 spiro atoms. The number of rotatable bonds is 4. The van der Waals surface area contributed by atoms with E-state index in [1.807, 2.05) is 49.4 Å². The molecule has 0 fully saturated rings. The quantitative estimate of drug-likeness (QED) is 0.242. The molecular formula is C34H26N2OS2. The molecule has 2 aromatic heterocycles. The molecule has 4 aromatic carbocycles. The molecule has 190 valence electrons. The molecule has 0 amide bonds. The first-order chi connectivity index (χ1) is 18.9. The summed E-state index contributed by atoms with van der Waals surface area (Å²) in [4.78, 5) is 12.6. The fraction of sp³-hybridized carbons (Fsp3) is 0.118. The van der Waals surface area contributed by atoms with Crippen LogP contribution in [0.15, 0.2) is 97.1 Å². The number of hydrogen-bond donors (Lipinski definition) is 1. The number of fused-ring (bicyclic) bond motifs is 2. The molecule has 0 bridgehead atoms. The minimum Gasteiger partial charge on any atom is -0.381 e. The zero-order valence-corrected chi connectivity index (χ0v) is 23.5. The third kappa shape index (κ3) is 3.89. The predicted molar refractivity (Wildman–Crippen MR) is 164 cm³/mol.